The molecule has 2 saturated carbocycles. The summed E-state index contributed by atoms with van der Waals surface area (Å²) in [4.78, 5) is 64.5. The average Bonchev–Trinajstić information content (AvgIpc) is 3.49. The Kier molecular flexibility index (Phi) is 11.4. The zero-order valence-corrected chi connectivity index (χ0v) is 32.5. The molecule has 6 rings (SSSR count). The molecule has 2 aromatic heterocycles. The number of halogens is 2. The van der Waals surface area contributed by atoms with E-state index >= 15 is 0 Å². The number of pyridine rings is 1. The second kappa shape index (κ2) is 15.7. The fourth-order valence-electron chi connectivity index (χ4n) is 7.25. The lowest BCUT2D eigenvalue weighted by Crippen LogP contribution is -2.59. The van der Waals surface area contributed by atoms with E-state index in [0.29, 0.717) is 38.9 Å². The first kappa shape index (κ1) is 39.9. The molecular weight excluding hydrogens is 739 g/mol. The molecule has 3 aromatic rings. The molecule has 14 nitrogen and oxygen atoms in total. The van der Waals surface area contributed by atoms with Crippen LogP contribution >= 0.6 is 11.3 Å². The third-order valence-corrected chi connectivity index (χ3v) is 11.1. The van der Waals surface area contributed by atoms with Crippen LogP contribution in [-0.2, 0) is 19.1 Å². The number of ether oxygens (including phenoxy) is 3. The molecule has 5 atom stereocenters. The van der Waals surface area contributed by atoms with Crippen LogP contribution in [0.2, 0.25) is 0 Å². The average molecular weight is 787 g/mol. The van der Waals surface area contributed by atoms with Gasteiger partial charge >= 0.3 is 12.1 Å². The Labute approximate surface area is 321 Å². The van der Waals surface area contributed by atoms with Crippen LogP contribution in [0.15, 0.2) is 29.6 Å². The highest BCUT2D eigenvalue weighted by atomic mass is 32.1. The summed E-state index contributed by atoms with van der Waals surface area (Å²) < 4.78 is 45.1. The SMILES string of the molecule is COc1ccc2c(O[C@@H]3CC(C(=O)N[C@@]4(C(=O)O)C[C@H]4C(F)F)N(C(=O)[C@@H](NC(=O)OC4CCCC4)C(C)(C)C)C3)cc(-c3csc(NC(C)C)n3)nc2c1. The topological polar surface area (TPSA) is 181 Å². The molecule has 1 aromatic carbocycles. The summed E-state index contributed by atoms with van der Waals surface area (Å²) in [7, 11) is 1.54. The Morgan fingerprint density at radius 2 is 1.78 bits per heavy atom. The van der Waals surface area contributed by atoms with Crippen molar-refractivity contribution in [3.63, 3.8) is 0 Å². The van der Waals surface area contributed by atoms with E-state index in [1.807, 2.05) is 19.2 Å². The number of carboxylic acid groups (broad SMARTS) is 1. The van der Waals surface area contributed by atoms with E-state index < -0.39 is 71.8 Å². The van der Waals surface area contributed by atoms with Gasteiger partial charge in [0.05, 0.1) is 30.8 Å². The number of fused-ring (bicyclic) bond motifs is 1. The lowest BCUT2D eigenvalue weighted by molar-refractivity contribution is -0.147. The van der Waals surface area contributed by atoms with E-state index in [1.165, 1.54) is 23.3 Å². The maximum absolute atomic E-state index is 14.5. The number of methoxy groups -OCH3 is 1. The number of alkyl carbamates (subject to hydrolysis) is 1. The molecule has 3 fully saturated rings. The van der Waals surface area contributed by atoms with Gasteiger partial charge in [-0.25, -0.2) is 28.3 Å². The number of benzene rings is 1. The van der Waals surface area contributed by atoms with Crippen LogP contribution in [0.5, 0.6) is 11.5 Å². The molecule has 3 aliphatic rings. The number of aliphatic carboxylic acids is 1. The molecule has 17 heteroatoms. The quantitative estimate of drug-likeness (QED) is 0.163. The van der Waals surface area contributed by atoms with Gasteiger partial charge < -0.3 is 40.2 Å². The number of carboxylic acids is 1. The van der Waals surface area contributed by atoms with Gasteiger partial charge in [0.2, 0.25) is 18.2 Å². The van der Waals surface area contributed by atoms with E-state index in [9.17, 15) is 33.1 Å². The monoisotopic (exact) mass is 786 g/mol. The van der Waals surface area contributed by atoms with Gasteiger partial charge in [-0.1, -0.05) is 20.8 Å². The summed E-state index contributed by atoms with van der Waals surface area (Å²) >= 11 is 1.42. The maximum atomic E-state index is 14.5. The van der Waals surface area contributed by atoms with Crippen molar-refractivity contribution in [2.24, 2.45) is 11.3 Å². The molecule has 1 unspecified atom stereocenters. The standard InChI is InChI=1S/C38H48F2N6O8S/c1-19(2)41-35-43-27(18-55-35)26-15-29(23-12-11-21(52-6)13-25(23)42-26)53-22-14-28(32(47)45-38(34(49)50)16-24(38)31(39)40)46(17-22)33(48)30(37(3,4)5)44-36(51)54-20-9-7-8-10-20/h11-13,15,18-20,22,24,28,30-31H,7-10,14,16-17H2,1-6H3,(H,41,43)(H,44,51)(H,45,47)(H,49,50)/t22-,24+,28?,30-,38+/m1/s1. The van der Waals surface area contributed by atoms with Crippen molar-refractivity contribution in [1.82, 2.24) is 25.5 Å². The second-order valence-corrected chi connectivity index (χ2v) is 16.7. The molecule has 298 valence electrons. The van der Waals surface area contributed by atoms with Gasteiger partial charge in [-0.15, -0.1) is 11.3 Å². The first-order valence-electron chi connectivity index (χ1n) is 18.5. The molecular formula is C38H48F2N6O8S. The van der Waals surface area contributed by atoms with E-state index in [1.54, 1.807) is 45.0 Å². The first-order chi connectivity index (χ1) is 26.0. The van der Waals surface area contributed by atoms with E-state index in [-0.39, 0.29) is 25.1 Å². The van der Waals surface area contributed by atoms with Gasteiger partial charge in [0.1, 0.15) is 47.0 Å². The number of aromatic nitrogens is 2. The highest BCUT2D eigenvalue weighted by molar-refractivity contribution is 7.14. The third kappa shape index (κ3) is 8.71. The summed E-state index contributed by atoms with van der Waals surface area (Å²) in [5, 5.41) is 21.4. The molecule has 0 bridgehead atoms. The van der Waals surface area contributed by atoms with Crippen molar-refractivity contribution in [3.8, 4) is 22.9 Å². The van der Waals surface area contributed by atoms with Gasteiger partial charge in [0.25, 0.3) is 0 Å². The molecule has 3 amide bonds. The number of alkyl halides is 2. The zero-order chi connectivity index (χ0) is 39.8. The second-order valence-electron chi connectivity index (χ2n) is 15.9. The number of amides is 3. The number of hydrogen-bond donors (Lipinski definition) is 4. The summed E-state index contributed by atoms with van der Waals surface area (Å²) in [5.74, 6) is -3.78. The van der Waals surface area contributed by atoms with Gasteiger partial charge in [-0.3, -0.25) is 9.59 Å². The number of anilines is 1. The van der Waals surface area contributed by atoms with Crippen LogP contribution in [-0.4, -0.2) is 99.8 Å². The number of thiazole rings is 1. The summed E-state index contributed by atoms with van der Waals surface area (Å²) in [6.07, 6.45) is -2.10. The van der Waals surface area contributed by atoms with Crippen molar-refractivity contribution >= 4 is 51.2 Å². The smallest absolute Gasteiger partial charge is 0.408 e. The fourth-order valence-corrected chi connectivity index (χ4v) is 8.10. The summed E-state index contributed by atoms with van der Waals surface area (Å²) in [6, 6.07) is 4.66. The fraction of sp³-hybridized carbons (Fsp3) is 0.579. The molecule has 0 spiro atoms. The maximum Gasteiger partial charge on any atom is 0.408 e. The van der Waals surface area contributed by atoms with E-state index in [4.69, 9.17) is 24.2 Å². The van der Waals surface area contributed by atoms with Crippen LogP contribution in [0.1, 0.15) is 73.1 Å². The van der Waals surface area contributed by atoms with E-state index in [2.05, 4.69) is 16.0 Å². The minimum absolute atomic E-state index is 0.107. The van der Waals surface area contributed by atoms with Crippen molar-refractivity contribution < 1.29 is 47.3 Å². The Hall–Kier alpha value is -4.80. The number of nitrogens with one attached hydrogen (secondary N) is 3. The number of likely N-dealkylation sites (tertiary alicyclic amines) is 1. The van der Waals surface area contributed by atoms with Crippen LogP contribution in [0.4, 0.5) is 18.7 Å². The number of nitrogens with zero attached hydrogens (tertiary/aromatic N) is 3. The van der Waals surface area contributed by atoms with Crippen LogP contribution in [0.3, 0.4) is 0 Å². The van der Waals surface area contributed by atoms with Crippen molar-refractivity contribution in [3.05, 3.63) is 29.6 Å². The first-order valence-corrected chi connectivity index (χ1v) is 19.4. The normalized spacial score (nSPS) is 23.2. The van der Waals surface area contributed by atoms with Gasteiger partial charge in [-0.05, 0) is 63.5 Å². The minimum Gasteiger partial charge on any atom is -0.497 e. The predicted octanol–water partition coefficient (Wildman–Crippen LogP) is 5.84. The van der Waals surface area contributed by atoms with Crippen LogP contribution in [0, 0.1) is 11.3 Å². The summed E-state index contributed by atoms with van der Waals surface area (Å²) in [5.41, 5.74) is -1.41. The Morgan fingerprint density at radius 1 is 1.05 bits per heavy atom. The highest BCUT2D eigenvalue weighted by Crippen LogP contribution is 2.48. The minimum atomic E-state index is -2.98. The Balaban J connectivity index is 1.33. The molecule has 1 aliphatic heterocycles. The third-order valence-electron chi connectivity index (χ3n) is 10.3. The molecule has 3 heterocycles. The molecule has 0 radical (unpaired) electrons. The lowest BCUT2D eigenvalue weighted by atomic mass is 9.85. The molecule has 4 N–H and O–H groups in total. The van der Waals surface area contributed by atoms with Gasteiger partial charge in [0.15, 0.2) is 5.13 Å². The Bertz CT molecular complexity index is 1930. The number of hydrogen-bond acceptors (Lipinski definition) is 11. The van der Waals surface area contributed by atoms with Crippen LogP contribution in [0.25, 0.3) is 22.3 Å². The Morgan fingerprint density at radius 3 is 2.40 bits per heavy atom. The lowest BCUT2D eigenvalue weighted by Gasteiger charge is -2.35. The number of rotatable bonds is 13. The van der Waals surface area contributed by atoms with Crippen molar-refractivity contribution in [2.75, 3.05) is 19.0 Å². The van der Waals surface area contributed by atoms with Crippen molar-refractivity contribution in [2.45, 2.75) is 115 Å². The molecule has 55 heavy (non-hydrogen) atoms. The van der Waals surface area contributed by atoms with Gasteiger partial charge in [0, 0.05) is 35.4 Å². The highest BCUT2D eigenvalue weighted by Gasteiger charge is 2.66. The zero-order valence-electron chi connectivity index (χ0n) is 31.7. The number of carbonyl (C=O) groups excluding carboxylic acids is 3. The van der Waals surface area contributed by atoms with Crippen molar-refractivity contribution in [1.29, 1.82) is 0 Å². The largest absolute Gasteiger partial charge is 0.497 e. The molecule has 1 saturated heterocycles. The van der Waals surface area contributed by atoms with Crippen LogP contribution < -0.4 is 25.4 Å². The van der Waals surface area contributed by atoms with Gasteiger partial charge in [-0.2, -0.15) is 0 Å². The van der Waals surface area contributed by atoms with E-state index in [0.717, 1.165) is 25.7 Å². The summed E-state index contributed by atoms with van der Waals surface area (Å²) in [6.45, 7) is 9.11. The number of carbonyl (C=O) groups is 4. The molecule has 2 aliphatic carbocycles. The predicted molar refractivity (Wildman–Crippen MR) is 200 cm³/mol.